The third-order valence-corrected chi connectivity index (χ3v) is 7.86. The molecule has 3 aliphatic heterocycles. The summed E-state index contributed by atoms with van der Waals surface area (Å²) < 4.78 is 56.7. The van der Waals surface area contributed by atoms with Gasteiger partial charge in [-0.15, -0.1) is 0 Å². The lowest BCUT2D eigenvalue weighted by molar-refractivity contribution is 0.0323. The van der Waals surface area contributed by atoms with Gasteiger partial charge in [-0.1, -0.05) is 54.6 Å². The van der Waals surface area contributed by atoms with Crippen molar-refractivity contribution < 1.29 is 27.4 Å². The molecule has 3 unspecified atom stereocenters. The third-order valence-electron chi connectivity index (χ3n) is 7.86. The van der Waals surface area contributed by atoms with E-state index in [0.717, 1.165) is 19.6 Å². The van der Waals surface area contributed by atoms with Crippen molar-refractivity contribution in [3.63, 3.8) is 0 Å². The average molecular weight is 586 g/mol. The number of morpholine rings is 3. The Hall–Kier alpha value is -2.79. The maximum atomic E-state index is 13.5. The summed E-state index contributed by atoms with van der Waals surface area (Å²) in [6, 6.07) is 20.5. The number of hydrogen-bond donors (Lipinski definition) is 3. The van der Waals surface area contributed by atoms with Crippen LogP contribution < -0.4 is 16.0 Å². The van der Waals surface area contributed by atoms with Crippen LogP contribution in [0, 0.1) is 17.5 Å². The first kappa shape index (κ1) is 32.1. The highest BCUT2D eigenvalue weighted by atomic mass is 19.1. The second-order valence-electron chi connectivity index (χ2n) is 11.4. The molecule has 3 N–H and O–H groups in total. The van der Waals surface area contributed by atoms with Crippen molar-refractivity contribution in [2.24, 2.45) is 0 Å². The summed E-state index contributed by atoms with van der Waals surface area (Å²) in [5.74, 6) is -0.519. The molecular formula is C33H42F3N3O3. The van der Waals surface area contributed by atoms with Crippen molar-refractivity contribution in [2.75, 3.05) is 59.3 Å². The van der Waals surface area contributed by atoms with Gasteiger partial charge >= 0.3 is 0 Å². The molecule has 9 heteroatoms. The maximum absolute atomic E-state index is 13.5. The molecule has 3 aromatic carbocycles. The van der Waals surface area contributed by atoms with E-state index in [4.69, 9.17) is 14.2 Å². The lowest BCUT2D eigenvalue weighted by Crippen LogP contribution is -2.49. The minimum Gasteiger partial charge on any atom is -0.378 e. The normalized spacial score (nSPS) is 27.6. The van der Waals surface area contributed by atoms with Gasteiger partial charge in [-0.3, -0.25) is 0 Å². The zero-order valence-electron chi connectivity index (χ0n) is 24.7. The van der Waals surface area contributed by atoms with Crippen LogP contribution >= 0.6 is 0 Å². The summed E-state index contributed by atoms with van der Waals surface area (Å²) in [7, 11) is 0. The molecule has 42 heavy (non-hydrogen) atoms. The van der Waals surface area contributed by atoms with Gasteiger partial charge in [0.25, 0.3) is 0 Å². The SMILES string of the molecule is CC1(c2ccccc2F)COCCN1.CC1(c2ccccc2F)COCCN1.CC1(c2ccccc2F)COCCN1. The van der Waals surface area contributed by atoms with Gasteiger partial charge < -0.3 is 30.2 Å². The van der Waals surface area contributed by atoms with Gasteiger partial charge in [0.15, 0.2) is 0 Å². The summed E-state index contributed by atoms with van der Waals surface area (Å²) in [6.45, 7) is 11.9. The summed E-state index contributed by atoms with van der Waals surface area (Å²) in [6.07, 6.45) is 0. The quantitative estimate of drug-likeness (QED) is 0.403. The van der Waals surface area contributed by atoms with E-state index in [2.05, 4.69) is 16.0 Å². The Morgan fingerprint density at radius 1 is 0.476 bits per heavy atom. The molecule has 3 aliphatic rings. The molecule has 0 saturated carbocycles. The highest BCUT2D eigenvalue weighted by Crippen LogP contribution is 2.27. The Balaban J connectivity index is 0.000000145. The number of nitrogens with one attached hydrogen (secondary N) is 3. The Labute approximate surface area is 247 Å². The summed E-state index contributed by atoms with van der Waals surface area (Å²) >= 11 is 0. The highest BCUT2D eigenvalue weighted by Gasteiger charge is 2.33. The highest BCUT2D eigenvalue weighted by molar-refractivity contribution is 5.28. The Kier molecular flexibility index (Phi) is 11.2. The van der Waals surface area contributed by atoms with Crippen molar-refractivity contribution >= 4 is 0 Å². The molecule has 3 fully saturated rings. The van der Waals surface area contributed by atoms with E-state index in [0.29, 0.717) is 56.3 Å². The third kappa shape index (κ3) is 7.98. The average Bonchev–Trinajstić information content (AvgIpc) is 2.99. The van der Waals surface area contributed by atoms with Crippen LogP contribution in [0.4, 0.5) is 13.2 Å². The number of benzene rings is 3. The van der Waals surface area contributed by atoms with E-state index >= 15 is 0 Å². The second kappa shape index (κ2) is 14.6. The van der Waals surface area contributed by atoms with Crippen LogP contribution in [-0.2, 0) is 30.8 Å². The molecule has 0 amide bonds. The van der Waals surface area contributed by atoms with Crippen LogP contribution in [0.5, 0.6) is 0 Å². The molecule has 3 saturated heterocycles. The summed E-state index contributed by atoms with van der Waals surface area (Å²) in [4.78, 5) is 0. The van der Waals surface area contributed by atoms with Crippen molar-refractivity contribution in [1.82, 2.24) is 16.0 Å². The van der Waals surface area contributed by atoms with Crippen molar-refractivity contribution in [3.05, 3.63) is 107 Å². The van der Waals surface area contributed by atoms with Gasteiger partial charge in [-0.05, 0) is 39.0 Å². The lowest BCUT2D eigenvalue weighted by atomic mass is 9.91. The molecule has 0 aliphatic carbocycles. The summed E-state index contributed by atoms with van der Waals surface area (Å²) in [5, 5.41) is 9.86. The van der Waals surface area contributed by atoms with Gasteiger partial charge in [-0.2, -0.15) is 0 Å². The Morgan fingerprint density at radius 3 is 0.952 bits per heavy atom. The Morgan fingerprint density at radius 2 is 0.738 bits per heavy atom. The van der Waals surface area contributed by atoms with E-state index in [-0.39, 0.29) is 34.1 Å². The lowest BCUT2D eigenvalue weighted by Gasteiger charge is -2.35. The molecule has 0 radical (unpaired) electrons. The van der Waals surface area contributed by atoms with Crippen LogP contribution in [-0.4, -0.2) is 59.3 Å². The van der Waals surface area contributed by atoms with Crippen molar-refractivity contribution in [2.45, 2.75) is 37.4 Å². The fourth-order valence-electron chi connectivity index (χ4n) is 5.42. The molecule has 3 heterocycles. The van der Waals surface area contributed by atoms with Crippen LogP contribution in [0.15, 0.2) is 72.8 Å². The fraction of sp³-hybridized carbons (Fsp3) is 0.455. The fourth-order valence-corrected chi connectivity index (χ4v) is 5.42. The topological polar surface area (TPSA) is 63.8 Å². The molecule has 0 bridgehead atoms. The van der Waals surface area contributed by atoms with E-state index < -0.39 is 0 Å². The molecule has 6 nitrogen and oxygen atoms in total. The van der Waals surface area contributed by atoms with Gasteiger partial charge in [0, 0.05) is 36.3 Å². The predicted molar refractivity (Wildman–Crippen MR) is 158 cm³/mol. The number of rotatable bonds is 3. The minimum absolute atomic E-state index is 0.173. The summed E-state index contributed by atoms with van der Waals surface area (Å²) in [5.41, 5.74) is 0.885. The van der Waals surface area contributed by atoms with Gasteiger partial charge in [0.1, 0.15) is 17.5 Å². The van der Waals surface area contributed by atoms with Crippen LogP contribution in [0.3, 0.4) is 0 Å². The van der Waals surface area contributed by atoms with Gasteiger partial charge in [0.2, 0.25) is 0 Å². The van der Waals surface area contributed by atoms with Crippen molar-refractivity contribution in [3.8, 4) is 0 Å². The maximum Gasteiger partial charge on any atom is 0.128 e. The number of halogens is 3. The van der Waals surface area contributed by atoms with Crippen LogP contribution in [0.2, 0.25) is 0 Å². The van der Waals surface area contributed by atoms with Gasteiger partial charge in [0.05, 0.1) is 56.3 Å². The molecule has 3 atom stereocenters. The Bertz CT molecular complexity index is 1120. The first-order valence-electron chi connectivity index (χ1n) is 14.4. The van der Waals surface area contributed by atoms with Crippen LogP contribution in [0.1, 0.15) is 37.5 Å². The number of ether oxygens (including phenoxy) is 3. The molecule has 3 aromatic rings. The van der Waals surface area contributed by atoms with Gasteiger partial charge in [-0.25, -0.2) is 13.2 Å². The molecule has 0 spiro atoms. The smallest absolute Gasteiger partial charge is 0.128 e. The monoisotopic (exact) mass is 585 g/mol. The molecule has 6 rings (SSSR count). The molecule has 228 valence electrons. The van der Waals surface area contributed by atoms with E-state index in [9.17, 15) is 13.2 Å². The largest absolute Gasteiger partial charge is 0.378 e. The zero-order chi connectivity index (χ0) is 30.1. The van der Waals surface area contributed by atoms with E-state index in [1.54, 1.807) is 36.4 Å². The van der Waals surface area contributed by atoms with Crippen molar-refractivity contribution in [1.29, 1.82) is 0 Å². The predicted octanol–water partition coefficient (Wildman–Crippen LogP) is 4.98. The molecule has 0 aromatic heterocycles. The zero-order valence-corrected chi connectivity index (χ0v) is 24.7. The first-order valence-corrected chi connectivity index (χ1v) is 14.4. The van der Waals surface area contributed by atoms with E-state index in [1.165, 1.54) is 18.2 Å². The minimum atomic E-state index is -0.385. The second-order valence-corrected chi connectivity index (χ2v) is 11.4. The van der Waals surface area contributed by atoms with E-state index in [1.807, 2.05) is 39.0 Å². The number of hydrogen-bond acceptors (Lipinski definition) is 6. The van der Waals surface area contributed by atoms with Crippen LogP contribution in [0.25, 0.3) is 0 Å². The standard InChI is InChI=1S/3C11H14FNO/c3*1-11(8-14-7-6-13-11)9-4-2-3-5-10(9)12/h3*2-5,13H,6-8H2,1H3. The molecular weight excluding hydrogens is 543 g/mol. The first-order chi connectivity index (χ1) is 20.2.